The first-order chi connectivity index (χ1) is 13.9. The molecular weight excluding hydrogens is 368 g/mol. The number of hydrogen-bond acceptors (Lipinski definition) is 6. The summed E-state index contributed by atoms with van der Waals surface area (Å²) in [7, 11) is 0. The number of hydrogen-bond donors (Lipinski definition) is 1. The van der Waals surface area contributed by atoms with Crippen LogP contribution in [0.5, 0.6) is 0 Å². The van der Waals surface area contributed by atoms with Gasteiger partial charge in [0.25, 0.3) is 0 Å². The monoisotopic (exact) mass is 384 g/mol. The SMILES string of the molecule is c1ccc(N=N/C(=N\c2nc(Nc3ccccn3)cs2)c2ccccc2)cc1. The average molecular weight is 384 g/mol. The number of thiazole rings is 1. The highest BCUT2D eigenvalue weighted by Gasteiger charge is 2.07. The van der Waals surface area contributed by atoms with Gasteiger partial charge in [-0.15, -0.1) is 21.6 Å². The molecule has 0 bridgehead atoms. The van der Waals surface area contributed by atoms with Gasteiger partial charge < -0.3 is 5.32 Å². The molecule has 2 aromatic heterocycles. The maximum atomic E-state index is 4.61. The topological polar surface area (TPSA) is 74.9 Å². The van der Waals surface area contributed by atoms with Crippen LogP contribution in [0.25, 0.3) is 0 Å². The Bertz CT molecular complexity index is 1080. The summed E-state index contributed by atoms with van der Waals surface area (Å²) >= 11 is 1.42. The number of anilines is 2. The summed E-state index contributed by atoms with van der Waals surface area (Å²) in [6.07, 6.45) is 1.73. The van der Waals surface area contributed by atoms with Crippen LogP contribution in [0.1, 0.15) is 5.56 Å². The van der Waals surface area contributed by atoms with Gasteiger partial charge >= 0.3 is 0 Å². The second-order valence-corrected chi connectivity index (χ2v) is 6.53. The van der Waals surface area contributed by atoms with Crippen LogP contribution in [0, 0.1) is 0 Å². The minimum atomic E-state index is 0.503. The van der Waals surface area contributed by atoms with Gasteiger partial charge in [0, 0.05) is 17.1 Å². The fourth-order valence-corrected chi connectivity index (χ4v) is 2.98. The van der Waals surface area contributed by atoms with Crippen LogP contribution in [0.4, 0.5) is 22.5 Å². The highest BCUT2D eigenvalue weighted by molar-refractivity contribution is 7.13. The fourth-order valence-electron chi connectivity index (χ4n) is 2.36. The molecule has 4 aromatic rings. The number of aromatic nitrogens is 2. The summed E-state index contributed by atoms with van der Waals surface area (Å²) in [6.45, 7) is 0. The third-order valence-electron chi connectivity index (χ3n) is 3.66. The normalized spacial score (nSPS) is 11.6. The minimum absolute atomic E-state index is 0.503. The summed E-state index contributed by atoms with van der Waals surface area (Å²) in [6, 6.07) is 25.0. The maximum Gasteiger partial charge on any atom is 0.213 e. The predicted molar refractivity (Wildman–Crippen MR) is 113 cm³/mol. The first-order valence-electron chi connectivity index (χ1n) is 8.61. The maximum absolute atomic E-state index is 4.61. The third-order valence-corrected chi connectivity index (χ3v) is 4.40. The van der Waals surface area contributed by atoms with Gasteiger partial charge in [-0.25, -0.2) is 9.97 Å². The van der Waals surface area contributed by atoms with E-state index in [1.54, 1.807) is 6.20 Å². The lowest BCUT2D eigenvalue weighted by Gasteiger charge is -2.00. The summed E-state index contributed by atoms with van der Waals surface area (Å²) < 4.78 is 0. The molecule has 136 valence electrons. The Hall–Kier alpha value is -3.71. The quantitative estimate of drug-likeness (QED) is 0.255. The molecular formula is C21H16N6S. The van der Waals surface area contributed by atoms with E-state index in [9.17, 15) is 0 Å². The molecule has 6 nitrogen and oxygen atoms in total. The number of nitrogens with zero attached hydrogens (tertiary/aromatic N) is 5. The van der Waals surface area contributed by atoms with Crippen molar-refractivity contribution in [1.82, 2.24) is 9.97 Å². The van der Waals surface area contributed by atoms with Gasteiger partial charge in [-0.1, -0.05) is 54.6 Å². The van der Waals surface area contributed by atoms with Gasteiger partial charge in [0.15, 0.2) is 5.84 Å². The van der Waals surface area contributed by atoms with Gasteiger partial charge in [-0.05, 0) is 24.3 Å². The molecule has 0 aliphatic heterocycles. The van der Waals surface area contributed by atoms with E-state index in [1.807, 2.05) is 84.2 Å². The van der Waals surface area contributed by atoms with Crippen LogP contribution in [0.3, 0.4) is 0 Å². The summed E-state index contributed by atoms with van der Waals surface area (Å²) in [5.41, 5.74) is 1.64. The lowest BCUT2D eigenvalue weighted by molar-refractivity contribution is 1.24. The standard InChI is InChI=1S/C21H16N6S/c1-3-9-16(10-4-1)20(27-26-17-11-5-2-6-12-17)25-21-24-19(15-28-21)23-18-13-7-8-14-22-18/h1-15H,(H,22,23)/b25-20-,27-26?. The van der Waals surface area contributed by atoms with Crippen molar-refractivity contribution in [2.24, 2.45) is 15.2 Å². The first-order valence-corrected chi connectivity index (χ1v) is 9.49. The second-order valence-electron chi connectivity index (χ2n) is 5.69. The van der Waals surface area contributed by atoms with Crippen LogP contribution in [0.15, 0.2) is 106 Å². The third kappa shape index (κ3) is 4.72. The summed E-state index contributed by atoms with van der Waals surface area (Å²) in [5, 5.41) is 14.3. The molecule has 0 atom stereocenters. The Morgan fingerprint density at radius 1 is 0.821 bits per heavy atom. The number of pyridine rings is 1. The molecule has 4 rings (SSSR count). The molecule has 2 aromatic carbocycles. The van der Waals surface area contributed by atoms with Gasteiger partial charge in [0.2, 0.25) is 5.13 Å². The Morgan fingerprint density at radius 2 is 1.57 bits per heavy atom. The molecule has 7 heteroatoms. The molecule has 0 unspecified atom stereocenters. The Labute approximate surface area is 166 Å². The van der Waals surface area contributed by atoms with Crippen LogP contribution in [0.2, 0.25) is 0 Å². The number of rotatable bonds is 5. The zero-order valence-electron chi connectivity index (χ0n) is 14.8. The molecule has 0 radical (unpaired) electrons. The van der Waals surface area contributed by atoms with Crippen molar-refractivity contribution in [2.75, 3.05) is 5.32 Å². The van der Waals surface area contributed by atoms with E-state index in [-0.39, 0.29) is 0 Å². The number of amidine groups is 1. The molecule has 0 fully saturated rings. The Balaban J connectivity index is 1.61. The lowest BCUT2D eigenvalue weighted by Crippen LogP contribution is -1.95. The number of benzene rings is 2. The van der Waals surface area contributed by atoms with E-state index in [0.717, 1.165) is 17.1 Å². The number of aliphatic imine (C=N–C) groups is 1. The van der Waals surface area contributed by atoms with Crippen LogP contribution >= 0.6 is 11.3 Å². The van der Waals surface area contributed by atoms with E-state index < -0.39 is 0 Å². The molecule has 0 spiro atoms. The molecule has 0 saturated carbocycles. The van der Waals surface area contributed by atoms with Gasteiger partial charge in [0.05, 0.1) is 5.69 Å². The molecule has 1 N–H and O–H groups in total. The molecule has 0 aliphatic rings. The molecule has 0 amide bonds. The van der Waals surface area contributed by atoms with Gasteiger partial charge in [0.1, 0.15) is 11.6 Å². The Morgan fingerprint density at radius 3 is 2.32 bits per heavy atom. The highest BCUT2D eigenvalue weighted by atomic mass is 32.1. The highest BCUT2D eigenvalue weighted by Crippen LogP contribution is 2.25. The number of nitrogens with one attached hydrogen (secondary N) is 1. The molecule has 2 heterocycles. The second kappa shape index (κ2) is 8.79. The van der Waals surface area contributed by atoms with E-state index >= 15 is 0 Å². The van der Waals surface area contributed by atoms with Crippen LogP contribution in [-0.2, 0) is 0 Å². The van der Waals surface area contributed by atoms with E-state index in [0.29, 0.717) is 16.8 Å². The molecule has 0 saturated heterocycles. The number of azo groups is 1. The van der Waals surface area contributed by atoms with Crippen molar-refractivity contribution in [3.8, 4) is 0 Å². The van der Waals surface area contributed by atoms with E-state index in [4.69, 9.17) is 0 Å². The zero-order chi connectivity index (χ0) is 19.0. The largest absolute Gasteiger partial charge is 0.324 e. The van der Waals surface area contributed by atoms with Crippen molar-refractivity contribution in [3.05, 3.63) is 96.0 Å². The smallest absolute Gasteiger partial charge is 0.213 e. The first kappa shape index (κ1) is 17.7. The summed E-state index contributed by atoms with van der Waals surface area (Å²) in [4.78, 5) is 13.4. The van der Waals surface area contributed by atoms with Crippen molar-refractivity contribution in [1.29, 1.82) is 0 Å². The van der Waals surface area contributed by atoms with Crippen molar-refractivity contribution >= 4 is 39.6 Å². The minimum Gasteiger partial charge on any atom is -0.324 e. The van der Waals surface area contributed by atoms with Crippen LogP contribution < -0.4 is 5.32 Å². The van der Waals surface area contributed by atoms with E-state index in [2.05, 4.69) is 30.5 Å². The summed E-state index contributed by atoms with van der Waals surface area (Å²) in [5.74, 6) is 1.92. The molecule has 0 aliphatic carbocycles. The van der Waals surface area contributed by atoms with Crippen LogP contribution in [-0.4, -0.2) is 15.8 Å². The van der Waals surface area contributed by atoms with Crippen molar-refractivity contribution in [3.63, 3.8) is 0 Å². The van der Waals surface area contributed by atoms with E-state index in [1.165, 1.54) is 11.3 Å². The van der Waals surface area contributed by atoms with Crippen molar-refractivity contribution in [2.45, 2.75) is 0 Å². The van der Waals surface area contributed by atoms with Gasteiger partial charge in [-0.2, -0.15) is 4.99 Å². The van der Waals surface area contributed by atoms with Crippen molar-refractivity contribution < 1.29 is 0 Å². The van der Waals surface area contributed by atoms with Gasteiger partial charge in [-0.3, -0.25) is 0 Å². The predicted octanol–water partition coefficient (Wildman–Crippen LogP) is 6.14. The fraction of sp³-hybridized carbons (Fsp3) is 0. The zero-order valence-corrected chi connectivity index (χ0v) is 15.6. The Kier molecular flexibility index (Phi) is 5.55. The average Bonchev–Trinajstić information content (AvgIpc) is 3.20. The lowest BCUT2D eigenvalue weighted by atomic mass is 10.2. The molecule has 28 heavy (non-hydrogen) atoms.